The van der Waals surface area contributed by atoms with Gasteiger partial charge in [0.15, 0.2) is 6.29 Å². The molecule has 2 fully saturated rings. The fourth-order valence-corrected chi connectivity index (χ4v) is 3.27. The summed E-state index contributed by atoms with van der Waals surface area (Å²) in [6.07, 6.45) is -0.399. The zero-order chi connectivity index (χ0) is 17.9. The Morgan fingerprint density at radius 2 is 1.73 bits per heavy atom. The Labute approximate surface area is 152 Å². The van der Waals surface area contributed by atoms with Gasteiger partial charge in [0.25, 0.3) is 0 Å². The van der Waals surface area contributed by atoms with Crippen molar-refractivity contribution in [3.63, 3.8) is 0 Å². The van der Waals surface area contributed by atoms with E-state index in [9.17, 15) is 4.79 Å². The molecule has 4 rings (SSSR count). The van der Waals surface area contributed by atoms with Crippen LogP contribution in [0.1, 0.15) is 34.2 Å². The van der Waals surface area contributed by atoms with Gasteiger partial charge >= 0.3 is 5.97 Å². The SMILES string of the molecule is Cc1ccc(C(=O)O[C@@H]2CO[C@@H]3CO[C@@H](c4ccccc4)O[C@H]3C2)cc1. The monoisotopic (exact) mass is 354 g/mol. The molecule has 26 heavy (non-hydrogen) atoms. The summed E-state index contributed by atoms with van der Waals surface area (Å²) in [6.45, 7) is 2.82. The minimum atomic E-state index is -0.410. The standard InChI is InChI=1S/C21H22O5/c1-14-7-9-15(10-8-14)20(22)25-17-11-18-19(23-12-17)13-24-21(26-18)16-5-3-2-4-6-16/h2-10,17-19,21H,11-13H2,1H3/t17-,18-,19+,21+/m0/s1. The third-order valence-electron chi connectivity index (χ3n) is 4.75. The zero-order valence-electron chi connectivity index (χ0n) is 14.7. The molecule has 136 valence electrons. The zero-order valence-corrected chi connectivity index (χ0v) is 14.7. The molecule has 0 saturated carbocycles. The molecule has 2 aliphatic heterocycles. The highest BCUT2D eigenvalue weighted by Gasteiger charge is 2.39. The van der Waals surface area contributed by atoms with E-state index in [0.717, 1.165) is 11.1 Å². The van der Waals surface area contributed by atoms with Crippen molar-refractivity contribution < 1.29 is 23.7 Å². The van der Waals surface area contributed by atoms with E-state index in [1.54, 1.807) is 12.1 Å². The van der Waals surface area contributed by atoms with Gasteiger partial charge in [-0.1, -0.05) is 48.0 Å². The van der Waals surface area contributed by atoms with Gasteiger partial charge in [0.2, 0.25) is 0 Å². The number of aryl methyl sites for hydroxylation is 1. The second-order valence-corrected chi connectivity index (χ2v) is 6.75. The molecule has 0 spiro atoms. The second-order valence-electron chi connectivity index (χ2n) is 6.75. The maximum atomic E-state index is 12.3. The summed E-state index contributed by atoms with van der Waals surface area (Å²) in [5, 5.41) is 0. The lowest BCUT2D eigenvalue weighted by Crippen LogP contribution is -2.50. The van der Waals surface area contributed by atoms with Crippen LogP contribution in [0, 0.1) is 6.92 Å². The predicted octanol–water partition coefficient (Wildman–Crippen LogP) is 3.42. The van der Waals surface area contributed by atoms with E-state index in [-0.39, 0.29) is 24.3 Å². The van der Waals surface area contributed by atoms with Crippen LogP contribution >= 0.6 is 0 Å². The number of ether oxygens (including phenoxy) is 4. The highest BCUT2D eigenvalue weighted by molar-refractivity contribution is 5.89. The first-order valence-electron chi connectivity index (χ1n) is 8.90. The van der Waals surface area contributed by atoms with Crippen LogP contribution in [0.4, 0.5) is 0 Å². The Hall–Kier alpha value is -2.21. The first-order chi connectivity index (χ1) is 12.7. The number of fused-ring (bicyclic) bond motifs is 1. The van der Waals surface area contributed by atoms with Crippen LogP contribution in [0.2, 0.25) is 0 Å². The van der Waals surface area contributed by atoms with Gasteiger partial charge in [-0.15, -0.1) is 0 Å². The number of carbonyl (C=O) groups is 1. The Morgan fingerprint density at radius 3 is 2.50 bits per heavy atom. The molecule has 2 aromatic rings. The Bertz CT molecular complexity index is 743. The van der Waals surface area contributed by atoms with Crippen LogP contribution < -0.4 is 0 Å². The Kier molecular flexibility index (Phi) is 5.02. The summed E-state index contributed by atoms with van der Waals surface area (Å²) in [6, 6.07) is 17.2. The molecule has 2 aromatic carbocycles. The lowest BCUT2D eigenvalue weighted by molar-refractivity contribution is -0.287. The van der Waals surface area contributed by atoms with E-state index in [4.69, 9.17) is 18.9 Å². The van der Waals surface area contributed by atoms with Crippen LogP contribution in [0.5, 0.6) is 0 Å². The molecule has 0 N–H and O–H groups in total. The molecule has 4 atom stereocenters. The second kappa shape index (κ2) is 7.58. The Balaban J connectivity index is 1.37. The normalized spacial score (nSPS) is 28.2. The van der Waals surface area contributed by atoms with E-state index in [2.05, 4.69) is 0 Å². The molecule has 0 amide bonds. The molecule has 2 heterocycles. The largest absolute Gasteiger partial charge is 0.456 e. The maximum absolute atomic E-state index is 12.3. The van der Waals surface area contributed by atoms with Gasteiger partial charge in [0.1, 0.15) is 12.2 Å². The van der Waals surface area contributed by atoms with Crippen LogP contribution in [-0.2, 0) is 18.9 Å². The van der Waals surface area contributed by atoms with Crippen LogP contribution in [0.3, 0.4) is 0 Å². The van der Waals surface area contributed by atoms with E-state index < -0.39 is 6.29 Å². The molecule has 0 bridgehead atoms. The topological polar surface area (TPSA) is 54.0 Å². The van der Waals surface area contributed by atoms with E-state index >= 15 is 0 Å². The third kappa shape index (κ3) is 3.80. The number of rotatable bonds is 3. The minimum Gasteiger partial charge on any atom is -0.456 e. The van der Waals surface area contributed by atoms with Crippen molar-refractivity contribution in [2.45, 2.75) is 37.9 Å². The van der Waals surface area contributed by atoms with Gasteiger partial charge in [0.05, 0.1) is 24.9 Å². The van der Waals surface area contributed by atoms with Crippen molar-refractivity contribution in [2.24, 2.45) is 0 Å². The van der Waals surface area contributed by atoms with Crippen molar-refractivity contribution in [1.82, 2.24) is 0 Å². The predicted molar refractivity (Wildman–Crippen MR) is 94.7 cm³/mol. The average molecular weight is 354 g/mol. The van der Waals surface area contributed by atoms with E-state index in [1.165, 1.54) is 0 Å². The summed E-state index contributed by atoms with van der Waals surface area (Å²) in [4.78, 5) is 12.3. The average Bonchev–Trinajstić information content (AvgIpc) is 2.68. The van der Waals surface area contributed by atoms with Crippen molar-refractivity contribution in [3.05, 3.63) is 71.3 Å². The van der Waals surface area contributed by atoms with Crippen LogP contribution in [-0.4, -0.2) is 37.5 Å². The molecule has 2 aliphatic rings. The fourth-order valence-electron chi connectivity index (χ4n) is 3.27. The highest BCUT2D eigenvalue weighted by Crippen LogP contribution is 2.32. The molecule has 0 aliphatic carbocycles. The number of benzene rings is 2. The van der Waals surface area contributed by atoms with Crippen LogP contribution in [0.25, 0.3) is 0 Å². The van der Waals surface area contributed by atoms with Gasteiger partial charge in [-0.05, 0) is 19.1 Å². The Morgan fingerprint density at radius 1 is 0.962 bits per heavy atom. The number of carbonyl (C=O) groups excluding carboxylic acids is 1. The third-order valence-corrected chi connectivity index (χ3v) is 4.75. The highest BCUT2D eigenvalue weighted by atomic mass is 16.7. The molecule has 0 radical (unpaired) electrons. The first kappa shape index (κ1) is 17.2. The summed E-state index contributed by atoms with van der Waals surface area (Å²) in [7, 11) is 0. The summed E-state index contributed by atoms with van der Waals surface area (Å²) >= 11 is 0. The lowest BCUT2D eigenvalue weighted by atomic mass is 10.0. The number of hydrogen-bond acceptors (Lipinski definition) is 5. The van der Waals surface area contributed by atoms with Crippen molar-refractivity contribution >= 4 is 5.97 Å². The minimum absolute atomic E-state index is 0.121. The molecule has 5 nitrogen and oxygen atoms in total. The molecule has 5 heteroatoms. The smallest absolute Gasteiger partial charge is 0.338 e. The van der Waals surface area contributed by atoms with Gasteiger partial charge in [-0.2, -0.15) is 0 Å². The van der Waals surface area contributed by atoms with Crippen molar-refractivity contribution in [3.8, 4) is 0 Å². The molecule has 2 saturated heterocycles. The summed E-state index contributed by atoms with van der Waals surface area (Å²) in [5.74, 6) is -0.330. The summed E-state index contributed by atoms with van der Waals surface area (Å²) < 4.78 is 23.3. The van der Waals surface area contributed by atoms with Crippen molar-refractivity contribution in [2.75, 3.05) is 13.2 Å². The fraction of sp³-hybridized carbons (Fsp3) is 0.381. The first-order valence-corrected chi connectivity index (χ1v) is 8.90. The lowest BCUT2D eigenvalue weighted by Gasteiger charge is -2.41. The van der Waals surface area contributed by atoms with Crippen molar-refractivity contribution in [1.29, 1.82) is 0 Å². The molecule has 0 aromatic heterocycles. The molecular formula is C21H22O5. The summed E-state index contributed by atoms with van der Waals surface area (Å²) in [5.41, 5.74) is 2.63. The van der Waals surface area contributed by atoms with E-state index in [1.807, 2.05) is 49.4 Å². The van der Waals surface area contributed by atoms with E-state index in [0.29, 0.717) is 25.2 Å². The van der Waals surface area contributed by atoms with Gasteiger partial charge in [-0.25, -0.2) is 4.79 Å². The van der Waals surface area contributed by atoms with Gasteiger partial charge in [-0.3, -0.25) is 0 Å². The number of esters is 1. The number of hydrogen-bond donors (Lipinski definition) is 0. The van der Waals surface area contributed by atoms with Crippen LogP contribution in [0.15, 0.2) is 54.6 Å². The quantitative estimate of drug-likeness (QED) is 0.791. The maximum Gasteiger partial charge on any atom is 0.338 e. The molecular weight excluding hydrogens is 332 g/mol. The molecule has 0 unspecified atom stereocenters. The van der Waals surface area contributed by atoms with Gasteiger partial charge in [0, 0.05) is 12.0 Å². The van der Waals surface area contributed by atoms with Gasteiger partial charge < -0.3 is 18.9 Å².